The molecule has 0 aliphatic carbocycles. The van der Waals surface area contributed by atoms with Crippen LogP contribution in [0.3, 0.4) is 0 Å². The van der Waals surface area contributed by atoms with Crippen LogP contribution in [0.2, 0.25) is 0 Å². The minimum Gasteiger partial charge on any atom is -0.375 e. The van der Waals surface area contributed by atoms with Crippen LogP contribution in [0.5, 0.6) is 0 Å². The van der Waals surface area contributed by atoms with E-state index in [1.165, 1.54) is 0 Å². The Bertz CT molecular complexity index is 300. The van der Waals surface area contributed by atoms with Gasteiger partial charge >= 0.3 is 0 Å². The van der Waals surface area contributed by atoms with E-state index in [0.29, 0.717) is 12.6 Å². The molecule has 0 saturated heterocycles. The van der Waals surface area contributed by atoms with Gasteiger partial charge in [-0.15, -0.1) is 0 Å². The highest BCUT2D eigenvalue weighted by Crippen LogP contribution is 2.02. The molecule has 0 aromatic carbocycles. The Labute approximate surface area is 98.2 Å². The molecule has 3 heteroatoms. The van der Waals surface area contributed by atoms with Gasteiger partial charge in [-0.05, 0) is 18.6 Å². The highest BCUT2D eigenvalue weighted by atomic mass is 16.5. The van der Waals surface area contributed by atoms with Crippen LogP contribution >= 0.6 is 0 Å². The summed E-state index contributed by atoms with van der Waals surface area (Å²) >= 11 is 0. The predicted octanol–water partition coefficient (Wildman–Crippen LogP) is 2.51. The molecule has 1 aromatic rings. The summed E-state index contributed by atoms with van der Waals surface area (Å²) in [6.07, 6.45) is 1.05. The molecule has 1 rings (SSSR count). The minimum absolute atomic E-state index is 0.488. The Balaban J connectivity index is 2.43. The van der Waals surface area contributed by atoms with Crippen LogP contribution in [0, 0.1) is 0 Å². The van der Waals surface area contributed by atoms with Crippen molar-refractivity contribution in [2.45, 2.75) is 46.4 Å². The van der Waals surface area contributed by atoms with Crippen LogP contribution in [-0.2, 0) is 17.9 Å². The summed E-state index contributed by atoms with van der Waals surface area (Å²) in [6.45, 7) is 8.61. The molecule has 0 aliphatic rings. The van der Waals surface area contributed by atoms with Crippen molar-refractivity contribution >= 4 is 0 Å². The molecule has 90 valence electrons. The Hall–Kier alpha value is -0.930. The summed E-state index contributed by atoms with van der Waals surface area (Å²) in [5, 5.41) is 3.35. The second-order valence-corrected chi connectivity index (χ2v) is 4.21. The van der Waals surface area contributed by atoms with Gasteiger partial charge in [0.15, 0.2) is 0 Å². The summed E-state index contributed by atoms with van der Waals surface area (Å²) in [4.78, 5) is 4.53. The van der Waals surface area contributed by atoms with E-state index in [0.717, 1.165) is 31.0 Å². The fraction of sp³-hybridized carbons (Fsp3) is 0.615. The normalized spacial score (nSPS) is 11.0. The fourth-order valence-corrected chi connectivity index (χ4v) is 1.34. The third kappa shape index (κ3) is 5.24. The van der Waals surface area contributed by atoms with Gasteiger partial charge in [0.05, 0.1) is 18.0 Å². The molecular formula is C13H22N2O. The number of hydrogen-bond donors (Lipinski definition) is 1. The lowest BCUT2D eigenvalue weighted by atomic mass is 10.3. The van der Waals surface area contributed by atoms with Crippen LogP contribution in [0.25, 0.3) is 0 Å². The quantitative estimate of drug-likeness (QED) is 0.720. The lowest BCUT2D eigenvalue weighted by molar-refractivity contribution is 0.119. The van der Waals surface area contributed by atoms with Crippen LogP contribution in [0.15, 0.2) is 18.2 Å². The number of ether oxygens (including phenoxy) is 1. The van der Waals surface area contributed by atoms with Crippen molar-refractivity contribution in [2.75, 3.05) is 6.61 Å². The second kappa shape index (κ2) is 7.36. The molecule has 0 fully saturated rings. The summed E-state index contributed by atoms with van der Waals surface area (Å²) in [7, 11) is 0. The maximum Gasteiger partial charge on any atom is 0.0887 e. The van der Waals surface area contributed by atoms with Crippen molar-refractivity contribution in [3.05, 3.63) is 29.6 Å². The van der Waals surface area contributed by atoms with Gasteiger partial charge in [-0.1, -0.05) is 26.8 Å². The average Bonchev–Trinajstić information content (AvgIpc) is 2.27. The van der Waals surface area contributed by atoms with Gasteiger partial charge in [-0.25, -0.2) is 0 Å². The van der Waals surface area contributed by atoms with Crippen LogP contribution in [0.1, 0.15) is 38.6 Å². The molecule has 3 nitrogen and oxygen atoms in total. The van der Waals surface area contributed by atoms with Crippen molar-refractivity contribution in [3.8, 4) is 0 Å². The molecule has 0 spiro atoms. The van der Waals surface area contributed by atoms with Gasteiger partial charge in [-0.3, -0.25) is 4.98 Å². The topological polar surface area (TPSA) is 34.1 Å². The van der Waals surface area contributed by atoms with Crippen LogP contribution < -0.4 is 5.32 Å². The molecule has 0 amide bonds. The van der Waals surface area contributed by atoms with Gasteiger partial charge in [-0.2, -0.15) is 0 Å². The molecule has 16 heavy (non-hydrogen) atoms. The zero-order valence-corrected chi connectivity index (χ0v) is 10.5. The van der Waals surface area contributed by atoms with Gasteiger partial charge in [0.25, 0.3) is 0 Å². The predicted molar refractivity (Wildman–Crippen MR) is 66.2 cm³/mol. The SMILES string of the molecule is CCCOCc1cccc(CNC(C)C)n1. The minimum atomic E-state index is 0.488. The first-order valence-corrected chi connectivity index (χ1v) is 5.98. The Kier molecular flexibility index (Phi) is 6.04. The fourth-order valence-electron chi connectivity index (χ4n) is 1.34. The van der Waals surface area contributed by atoms with Gasteiger partial charge in [0, 0.05) is 19.2 Å². The molecular weight excluding hydrogens is 200 g/mol. The molecule has 0 unspecified atom stereocenters. The number of pyridine rings is 1. The van der Waals surface area contributed by atoms with E-state index in [9.17, 15) is 0 Å². The molecule has 0 bridgehead atoms. The molecule has 1 aromatic heterocycles. The standard InChI is InChI=1S/C13H22N2O/c1-4-8-16-10-13-7-5-6-12(15-13)9-14-11(2)3/h5-7,11,14H,4,8-10H2,1-3H3. The summed E-state index contributed by atoms with van der Waals surface area (Å²) in [5.74, 6) is 0. The van der Waals surface area contributed by atoms with Crippen molar-refractivity contribution < 1.29 is 4.74 Å². The first kappa shape index (κ1) is 13.1. The van der Waals surface area contributed by atoms with Gasteiger partial charge in [0.2, 0.25) is 0 Å². The molecule has 0 aliphatic heterocycles. The van der Waals surface area contributed by atoms with Crippen molar-refractivity contribution in [3.63, 3.8) is 0 Å². The number of nitrogens with one attached hydrogen (secondary N) is 1. The summed E-state index contributed by atoms with van der Waals surface area (Å²) in [5.41, 5.74) is 2.09. The first-order valence-electron chi connectivity index (χ1n) is 5.98. The molecule has 0 radical (unpaired) electrons. The van der Waals surface area contributed by atoms with Gasteiger partial charge in [0.1, 0.15) is 0 Å². The number of rotatable bonds is 7. The third-order valence-electron chi connectivity index (χ3n) is 2.15. The molecule has 1 heterocycles. The lowest BCUT2D eigenvalue weighted by Gasteiger charge is -2.08. The van der Waals surface area contributed by atoms with E-state index >= 15 is 0 Å². The number of nitrogens with zero attached hydrogens (tertiary/aromatic N) is 1. The Morgan fingerprint density at radius 3 is 2.75 bits per heavy atom. The zero-order valence-electron chi connectivity index (χ0n) is 10.5. The van der Waals surface area contributed by atoms with Crippen LogP contribution in [-0.4, -0.2) is 17.6 Å². The number of aromatic nitrogens is 1. The zero-order chi connectivity index (χ0) is 11.8. The average molecular weight is 222 g/mol. The maximum atomic E-state index is 5.47. The first-order chi connectivity index (χ1) is 7.72. The molecule has 0 atom stereocenters. The van der Waals surface area contributed by atoms with E-state index in [2.05, 4.69) is 31.1 Å². The summed E-state index contributed by atoms with van der Waals surface area (Å²) in [6, 6.07) is 6.57. The van der Waals surface area contributed by atoms with E-state index < -0.39 is 0 Å². The highest BCUT2D eigenvalue weighted by molar-refractivity contribution is 5.10. The summed E-state index contributed by atoms with van der Waals surface area (Å²) < 4.78 is 5.47. The largest absolute Gasteiger partial charge is 0.375 e. The van der Waals surface area contributed by atoms with Gasteiger partial charge < -0.3 is 10.1 Å². The number of hydrogen-bond acceptors (Lipinski definition) is 3. The highest BCUT2D eigenvalue weighted by Gasteiger charge is 1.99. The smallest absolute Gasteiger partial charge is 0.0887 e. The van der Waals surface area contributed by atoms with E-state index in [1.54, 1.807) is 0 Å². The Morgan fingerprint density at radius 2 is 2.06 bits per heavy atom. The van der Waals surface area contributed by atoms with Crippen molar-refractivity contribution in [1.82, 2.24) is 10.3 Å². The van der Waals surface area contributed by atoms with E-state index in [1.807, 2.05) is 18.2 Å². The maximum absolute atomic E-state index is 5.47. The van der Waals surface area contributed by atoms with Crippen molar-refractivity contribution in [1.29, 1.82) is 0 Å². The monoisotopic (exact) mass is 222 g/mol. The van der Waals surface area contributed by atoms with E-state index in [-0.39, 0.29) is 0 Å². The molecule has 0 saturated carbocycles. The van der Waals surface area contributed by atoms with Crippen LogP contribution in [0.4, 0.5) is 0 Å². The third-order valence-corrected chi connectivity index (χ3v) is 2.15. The second-order valence-electron chi connectivity index (χ2n) is 4.21. The molecule has 1 N–H and O–H groups in total. The van der Waals surface area contributed by atoms with E-state index in [4.69, 9.17) is 4.74 Å². The van der Waals surface area contributed by atoms with Crippen molar-refractivity contribution in [2.24, 2.45) is 0 Å². The lowest BCUT2D eigenvalue weighted by Crippen LogP contribution is -2.22. The Morgan fingerprint density at radius 1 is 1.31 bits per heavy atom.